The monoisotopic (exact) mass is 334 g/mol. The van der Waals surface area contributed by atoms with Gasteiger partial charge in [-0.1, -0.05) is 12.1 Å². The number of rotatable bonds is 4. The van der Waals surface area contributed by atoms with E-state index in [4.69, 9.17) is 0 Å². The summed E-state index contributed by atoms with van der Waals surface area (Å²) in [6.07, 6.45) is 1.16. The van der Waals surface area contributed by atoms with Crippen LogP contribution in [0.2, 0.25) is 0 Å². The molecule has 4 nitrogen and oxygen atoms in total. The van der Waals surface area contributed by atoms with Gasteiger partial charge in [-0.15, -0.1) is 0 Å². The van der Waals surface area contributed by atoms with Crippen LogP contribution in [0, 0.1) is 23.3 Å². The van der Waals surface area contributed by atoms with E-state index in [9.17, 15) is 17.6 Å². The van der Waals surface area contributed by atoms with Crippen molar-refractivity contribution in [3.63, 3.8) is 0 Å². The van der Waals surface area contributed by atoms with Gasteiger partial charge in [0.2, 0.25) is 0 Å². The fourth-order valence-electron chi connectivity index (χ4n) is 1.95. The van der Waals surface area contributed by atoms with Crippen molar-refractivity contribution in [3.05, 3.63) is 72.1 Å². The van der Waals surface area contributed by atoms with E-state index in [0.29, 0.717) is 0 Å². The van der Waals surface area contributed by atoms with Gasteiger partial charge in [-0.3, -0.25) is 0 Å². The van der Waals surface area contributed by atoms with E-state index in [-0.39, 0.29) is 23.0 Å². The smallest absolute Gasteiger partial charge is 0.196 e. The molecule has 2 N–H and O–H groups in total. The first-order valence-corrected chi connectivity index (χ1v) is 6.78. The van der Waals surface area contributed by atoms with Gasteiger partial charge in [0.25, 0.3) is 0 Å². The fraction of sp³-hybridized carbons (Fsp3) is 0. The zero-order chi connectivity index (χ0) is 17.1. The number of hydrogen-bond donors (Lipinski definition) is 2. The number of benzene rings is 2. The third-order valence-electron chi connectivity index (χ3n) is 3.10. The molecule has 0 unspecified atom stereocenters. The van der Waals surface area contributed by atoms with Crippen molar-refractivity contribution in [2.24, 2.45) is 0 Å². The lowest BCUT2D eigenvalue weighted by molar-refractivity contribution is 0.449. The first-order chi connectivity index (χ1) is 11.5. The number of halogens is 4. The number of nitrogens with one attached hydrogen (secondary N) is 2. The molecule has 0 aliphatic heterocycles. The number of nitrogens with zero attached hydrogens (tertiary/aromatic N) is 2. The van der Waals surface area contributed by atoms with Gasteiger partial charge in [0.15, 0.2) is 17.5 Å². The Morgan fingerprint density at radius 1 is 0.667 bits per heavy atom. The minimum Gasteiger partial charge on any atom is -0.338 e. The minimum absolute atomic E-state index is 0.119. The Kier molecular flexibility index (Phi) is 4.28. The Hall–Kier alpha value is -3.16. The number of para-hydroxylation sites is 1. The second-order valence-corrected chi connectivity index (χ2v) is 4.74. The molecule has 0 aliphatic carbocycles. The van der Waals surface area contributed by atoms with Gasteiger partial charge < -0.3 is 10.6 Å². The molecule has 0 aliphatic rings. The molecule has 3 aromatic rings. The SMILES string of the molecule is Fc1ccccc1Nc1cc(Nc2ccc(F)c(F)c2F)ncn1. The topological polar surface area (TPSA) is 49.8 Å². The Morgan fingerprint density at radius 3 is 2.04 bits per heavy atom. The lowest BCUT2D eigenvalue weighted by Crippen LogP contribution is -2.02. The molecule has 0 radical (unpaired) electrons. The maximum Gasteiger partial charge on any atom is 0.196 e. The number of hydrogen-bond acceptors (Lipinski definition) is 4. The molecular weight excluding hydrogens is 324 g/mol. The molecular formula is C16H10F4N4. The Balaban J connectivity index is 1.84. The van der Waals surface area contributed by atoms with Gasteiger partial charge in [-0.25, -0.2) is 27.5 Å². The summed E-state index contributed by atoms with van der Waals surface area (Å²) in [5.41, 5.74) is -0.0920. The summed E-state index contributed by atoms with van der Waals surface area (Å²) in [5, 5.41) is 5.25. The average molecular weight is 334 g/mol. The van der Waals surface area contributed by atoms with Crippen LogP contribution in [-0.4, -0.2) is 9.97 Å². The van der Waals surface area contributed by atoms with E-state index in [1.54, 1.807) is 12.1 Å². The summed E-state index contributed by atoms with van der Waals surface area (Å²) in [6.45, 7) is 0. The van der Waals surface area contributed by atoms with Crippen molar-refractivity contribution in [3.8, 4) is 0 Å². The highest BCUT2D eigenvalue weighted by Crippen LogP contribution is 2.24. The predicted molar refractivity (Wildman–Crippen MR) is 81.3 cm³/mol. The summed E-state index contributed by atoms with van der Waals surface area (Å²) >= 11 is 0. The van der Waals surface area contributed by atoms with Crippen LogP contribution in [0.3, 0.4) is 0 Å². The van der Waals surface area contributed by atoms with E-state index in [1.807, 2.05) is 0 Å². The molecule has 8 heteroatoms. The van der Waals surface area contributed by atoms with Crippen LogP contribution in [0.1, 0.15) is 0 Å². The van der Waals surface area contributed by atoms with Gasteiger partial charge >= 0.3 is 0 Å². The maximum atomic E-state index is 13.7. The normalized spacial score (nSPS) is 10.5. The molecule has 0 atom stereocenters. The lowest BCUT2D eigenvalue weighted by atomic mass is 10.2. The molecule has 0 spiro atoms. The van der Waals surface area contributed by atoms with Crippen molar-refractivity contribution in [2.45, 2.75) is 0 Å². The van der Waals surface area contributed by atoms with Crippen LogP contribution < -0.4 is 10.6 Å². The van der Waals surface area contributed by atoms with Crippen LogP contribution in [0.4, 0.5) is 40.6 Å². The zero-order valence-electron chi connectivity index (χ0n) is 12.0. The summed E-state index contributed by atoms with van der Waals surface area (Å²) in [6, 6.07) is 9.17. The van der Waals surface area contributed by atoms with Crippen molar-refractivity contribution < 1.29 is 17.6 Å². The van der Waals surface area contributed by atoms with E-state index >= 15 is 0 Å². The van der Waals surface area contributed by atoms with Crippen LogP contribution >= 0.6 is 0 Å². The van der Waals surface area contributed by atoms with Crippen molar-refractivity contribution in [2.75, 3.05) is 10.6 Å². The van der Waals surface area contributed by atoms with Crippen LogP contribution in [0.5, 0.6) is 0 Å². The Labute approximate surface area is 134 Å². The van der Waals surface area contributed by atoms with Gasteiger partial charge in [0.05, 0.1) is 11.4 Å². The van der Waals surface area contributed by atoms with Gasteiger partial charge in [-0.05, 0) is 24.3 Å². The van der Waals surface area contributed by atoms with Gasteiger partial charge in [0, 0.05) is 6.07 Å². The summed E-state index contributed by atoms with van der Waals surface area (Å²) < 4.78 is 53.4. The van der Waals surface area contributed by atoms with Crippen LogP contribution in [-0.2, 0) is 0 Å². The van der Waals surface area contributed by atoms with Crippen molar-refractivity contribution >= 4 is 23.0 Å². The number of aromatic nitrogens is 2. The quantitative estimate of drug-likeness (QED) is 0.544. The maximum absolute atomic E-state index is 13.7. The average Bonchev–Trinajstić information content (AvgIpc) is 2.58. The molecule has 1 aromatic heterocycles. The molecule has 0 saturated carbocycles. The highest BCUT2D eigenvalue weighted by atomic mass is 19.2. The van der Waals surface area contributed by atoms with Crippen LogP contribution in [0.25, 0.3) is 0 Å². The molecule has 2 aromatic carbocycles. The molecule has 0 saturated heterocycles. The standard InChI is InChI=1S/C16H10F4N4/c17-9-3-1-2-4-11(9)23-13-7-14(22-8-21-13)24-12-6-5-10(18)15(19)16(12)20/h1-8H,(H2,21,22,23,24). The first-order valence-electron chi connectivity index (χ1n) is 6.78. The van der Waals surface area contributed by atoms with Crippen LogP contribution in [0.15, 0.2) is 48.8 Å². The Morgan fingerprint density at radius 2 is 1.33 bits per heavy atom. The molecule has 3 rings (SSSR count). The third kappa shape index (κ3) is 3.27. The van der Waals surface area contributed by atoms with E-state index in [0.717, 1.165) is 18.5 Å². The Bertz CT molecular complexity index is 886. The summed E-state index contributed by atoms with van der Waals surface area (Å²) in [4.78, 5) is 7.77. The largest absolute Gasteiger partial charge is 0.338 e. The molecule has 0 fully saturated rings. The highest BCUT2D eigenvalue weighted by Gasteiger charge is 2.14. The molecule has 1 heterocycles. The summed E-state index contributed by atoms with van der Waals surface area (Å²) in [7, 11) is 0. The minimum atomic E-state index is -1.58. The van der Waals surface area contributed by atoms with E-state index in [1.165, 1.54) is 18.2 Å². The van der Waals surface area contributed by atoms with Gasteiger partial charge in [0.1, 0.15) is 23.8 Å². The van der Waals surface area contributed by atoms with Crippen molar-refractivity contribution in [1.29, 1.82) is 0 Å². The van der Waals surface area contributed by atoms with E-state index < -0.39 is 23.3 Å². The highest BCUT2D eigenvalue weighted by molar-refractivity contribution is 5.63. The molecule has 24 heavy (non-hydrogen) atoms. The van der Waals surface area contributed by atoms with Crippen molar-refractivity contribution in [1.82, 2.24) is 9.97 Å². The third-order valence-corrected chi connectivity index (χ3v) is 3.10. The van der Waals surface area contributed by atoms with Gasteiger partial charge in [-0.2, -0.15) is 0 Å². The van der Waals surface area contributed by atoms with E-state index in [2.05, 4.69) is 20.6 Å². The zero-order valence-corrected chi connectivity index (χ0v) is 12.0. The lowest BCUT2D eigenvalue weighted by Gasteiger charge is -2.10. The molecule has 122 valence electrons. The summed E-state index contributed by atoms with van der Waals surface area (Å²) in [5.74, 6) is -4.36. The second kappa shape index (κ2) is 6.53. The molecule has 0 bridgehead atoms. The number of anilines is 4. The predicted octanol–water partition coefficient (Wildman–Crippen LogP) is 4.52. The molecule has 0 amide bonds. The first kappa shape index (κ1) is 15.7. The second-order valence-electron chi connectivity index (χ2n) is 4.74. The fourth-order valence-corrected chi connectivity index (χ4v) is 1.95.